The second-order valence-electron chi connectivity index (χ2n) is 8.53. The molecule has 4 saturated carbocycles. The molecular formula is C21H24N4O. The minimum absolute atomic E-state index is 0.131. The van der Waals surface area contributed by atoms with E-state index in [-0.39, 0.29) is 5.41 Å². The third-order valence-electron chi connectivity index (χ3n) is 6.88. The number of hydrogen-bond acceptors (Lipinski definition) is 4. The Bertz CT molecular complexity index is 836. The lowest BCUT2D eigenvalue weighted by molar-refractivity contribution is 0.0322. The van der Waals surface area contributed by atoms with Crippen molar-refractivity contribution in [2.45, 2.75) is 62.7 Å². The van der Waals surface area contributed by atoms with Gasteiger partial charge in [-0.05, 0) is 68.9 Å². The topological polar surface area (TPSA) is 55.3 Å². The van der Waals surface area contributed by atoms with Gasteiger partial charge in [-0.2, -0.15) is 4.98 Å². The van der Waals surface area contributed by atoms with E-state index in [4.69, 9.17) is 16.1 Å². The summed E-state index contributed by atoms with van der Waals surface area (Å²) in [6, 6.07) is 7.80. The van der Waals surface area contributed by atoms with E-state index in [2.05, 4.69) is 21.4 Å². The highest BCUT2D eigenvalue weighted by molar-refractivity contribution is 5.57. The zero-order valence-electron chi connectivity index (χ0n) is 15.0. The number of anilines is 1. The van der Waals surface area contributed by atoms with Crippen LogP contribution in [0.5, 0.6) is 0 Å². The number of nitrogens with one attached hydrogen (secondary N) is 1. The van der Waals surface area contributed by atoms with Gasteiger partial charge < -0.3 is 9.84 Å². The van der Waals surface area contributed by atoms with Crippen molar-refractivity contribution in [1.82, 2.24) is 10.1 Å². The molecule has 5 nitrogen and oxygen atoms in total. The molecule has 4 aliphatic carbocycles. The van der Waals surface area contributed by atoms with Gasteiger partial charge in [-0.1, -0.05) is 17.3 Å². The average Bonchev–Trinajstić information content (AvgIpc) is 3.44. The lowest BCUT2D eigenvalue weighted by atomic mass is 9.53. The van der Waals surface area contributed by atoms with Crippen molar-refractivity contribution in [3.8, 4) is 0 Å². The van der Waals surface area contributed by atoms with E-state index < -0.39 is 0 Å². The molecule has 4 aliphatic rings. The van der Waals surface area contributed by atoms with Gasteiger partial charge in [0.2, 0.25) is 5.89 Å². The van der Waals surface area contributed by atoms with Crippen LogP contribution in [0.1, 0.15) is 69.0 Å². The van der Waals surface area contributed by atoms with Gasteiger partial charge in [0.25, 0.3) is 0 Å². The van der Waals surface area contributed by atoms with E-state index >= 15 is 0 Å². The molecule has 4 fully saturated rings. The predicted octanol–water partition coefficient (Wildman–Crippen LogP) is 5.20. The number of aromatic nitrogens is 2. The molecule has 1 heterocycles. The van der Waals surface area contributed by atoms with E-state index in [0.29, 0.717) is 17.0 Å². The summed E-state index contributed by atoms with van der Waals surface area (Å²) in [6.45, 7) is 8.15. The molecule has 6 rings (SSSR count). The van der Waals surface area contributed by atoms with Gasteiger partial charge in [0.05, 0.1) is 6.57 Å². The molecule has 26 heavy (non-hydrogen) atoms. The standard InChI is InChI=1S/C21H24N4O/c1-22-16-3-2-4-17(13-16)23-14-20-7-10-21(11-8-20,12-9-20)19-24-18(25-26-19)15-5-6-15/h2-4,13,15,23H,5-12,14H2. The highest BCUT2D eigenvalue weighted by atomic mass is 16.5. The zero-order valence-corrected chi connectivity index (χ0v) is 15.0. The van der Waals surface area contributed by atoms with Crippen molar-refractivity contribution >= 4 is 11.4 Å². The molecule has 0 radical (unpaired) electrons. The number of benzene rings is 1. The summed E-state index contributed by atoms with van der Waals surface area (Å²) in [7, 11) is 0. The number of hydrogen-bond donors (Lipinski definition) is 1. The Morgan fingerprint density at radius 3 is 2.62 bits per heavy atom. The van der Waals surface area contributed by atoms with E-state index in [0.717, 1.165) is 43.2 Å². The number of fused-ring (bicyclic) bond motifs is 3. The van der Waals surface area contributed by atoms with Crippen molar-refractivity contribution < 1.29 is 4.52 Å². The lowest BCUT2D eigenvalue weighted by Crippen LogP contribution is -2.47. The SMILES string of the molecule is [C-]#[N+]c1cccc(NCC23CCC(c4nc(C5CC5)no4)(CC2)CC3)c1. The van der Waals surface area contributed by atoms with Crippen LogP contribution in [0, 0.1) is 12.0 Å². The lowest BCUT2D eigenvalue weighted by Gasteiger charge is -2.52. The fourth-order valence-corrected chi connectivity index (χ4v) is 4.78. The second kappa shape index (κ2) is 5.84. The van der Waals surface area contributed by atoms with Crippen molar-refractivity contribution in [2.75, 3.05) is 11.9 Å². The van der Waals surface area contributed by atoms with Crippen molar-refractivity contribution in [1.29, 1.82) is 0 Å². The molecule has 1 N–H and O–H groups in total. The summed E-state index contributed by atoms with van der Waals surface area (Å²) in [6.07, 6.45) is 9.54. The van der Waals surface area contributed by atoms with Crippen molar-refractivity contribution in [3.05, 3.63) is 47.4 Å². The van der Waals surface area contributed by atoms with Crippen LogP contribution < -0.4 is 5.32 Å². The maximum Gasteiger partial charge on any atom is 0.232 e. The third kappa shape index (κ3) is 2.68. The Kier molecular flexibility index (Phi) is 3.56. The quantitative estimate of drug-likeness (QED) is 0.754. The highest BCUT2D eigenvalue weighted by Gasteiger charge is 2.52. The average molecular weight is 348 g/mol. The summed E-state index contributed by atoms with van der Waals surface area (Å²) in [4.78, 5) is 8.30. The second-order valence-corrected chi connectivity index (χ2v) is 8.53. The third-order valence-corrected chi connectivity index (χ3v) is 6.88. The maximum atomic E-state index is 7.16. The van der Waals surface area contributed by atoms with Crippen LogP contribution in [0.25, 0.3) is 4.85 Å². The molecule has 0 spiro atoms. The first-order valence-corrected chi connectivity index (χ1v) is 9.76. The van der Waals surface area contributed by atoms with E-state index in [1.165, 1.54) is 32.1 Å². The van der Waals surface area contributed by atoms with E-state index in [1.54, 1.807) is 0 Å². The van der Waals surface area contributed by atoms with Gasteiger partial charge in [0.15, 0.2) is 11.5 Å². The largest absolute Gasteiger partial charge is 0.386 e. The van der Waals surface area contributed by atoms with Crippen LogP contribution in [-0.2, 0) is 5.41 Å². The Morgan fingerprint density at radius 1 is 1.15 bits per heavy atom. The first-order chi connectivity index (χ1) is 12.7. The monoisotopic (exact) mass is 348 g/mol. The summed E-state index contributed by atoms with van der Waals surface area (Å²) in [5.74, 6) is 2.41. The molecule has 2 bridgehead atoms. The minimum Gasteiger partial charge on any atom is -0.386 e. The van der Waals surface area contributed by atoms with Gasteiger partial charge >= 0.3 is 0 Å². The van der Waals surface area contributed by atoms with Gasteiger partial charge in [-0.15, -0.1) is 0 Å². The maximum absolute atomic E-state index is 7.16. The predicted molar refractivity (Wildman–Crippen MR) is 99.3 cm³/mol. The molecule has 1 aromatic carbocycles. The van der Waals surface area contributed by atoms with E-state index in [9.17, 15) is 0 Å². The van der Waals surface area contributed by atoms with Crippen LogP contribution in [0.2, 0.25) is 0 Å². The summed E-state index contributed by atoms with van der Waals surface area (Å²) in [5, 5.41) is 7.84. The number of rotatable bonds is 5. The molecule has 0 unspecified atom stereocenters. The Labute approximate surface area is 154 Å². The van der Waals surface area contributed by atoms with E-state index in [1.807, 2.05) is 18.2 Å². The Morgan fingerprint density at radius 2 is 1.92 bits per heavy atom. The number of nitrogens with zero attached hydrogens (tertiary/aromatic N) is 3. The van der Waals surface area contributed by atoms with Crippen LogP contribution in [0.15, 0.2) is 28.8 Å². The molecule has 134 valence electrons. The van der Waals surface area contributed by atoms with Crippen LogP contribution >= 0.6 is 0 Å². The summed E-state index contributed by atoms with van der Waals surface area (Å²) in [5.41, 5.74) is 2.25. The molecule has 2 aromatic rings. The highest BCUT2D eigenvalue weighted by Crippen LogP contribution is 2.57. The van der Waals surface area contributed by atoms with Crippen molar-refractivity contribution in [2.24, 2.45) is 5.41 Å². The van der Waals surface area contributed by atoms with Gasteiger partial charge in [-0.3, -0.25) is 0 Å². The molecule has 1 aromatic heterocycles. The van der Waals surface area contributed by atoms with Crippen molar-refractivity contribution in [3.63, 3.8) is 0 Å². The molecular weight excluding hydrogens is 324 g/mol. The fourth-order valence-electron chi connectivity index (χ4n) is 4.78. The van der Waals surface area contributed by atoms with Gasteiger partial charge in [0.1, 0.15) is 0 Å². The summed E-state index contributed by atoms with van der Waals surface area (Å²) >= 11 is 0. The Hall–Kier alpha value is -2.35. The normalized spacial score (nSPS) is 30.1. The molecule has 0 aliphatic heterocycles. The molecule has 0 atom stereocenters. The minimum atomic E-state index is 0.131. The summed E-state index contributed by atoms with van der Waals surface area (Å²) < 4.78 is 5.71. The van der Waals surface area contributed by atoms with Crippen LogP contribution in [0.4, 0.5) is 11.4 Å². The Balaban J connectivity index is 1.26. The molecule has 0 saturated heterocycles. The van der Waals surface area contributed by atoms with Crippen LogP contribution in [0.3, 0.4) is 0 Å². The van der Waals surface area contributed by atoms with Gasteiger partial charge in [-0.25, -0.2) is 4.85 Å². The van der Waals surface area contributed by atoms with Gasteiger partial charge in [0, 0.05) is 23.6 Å². The van der Waals surface area contributed by atoms with Crippen LogP contribution in [-0.4, -0.2) is 16.7 Å². The first-order valence-electron chi connectivity index (χ1n) is 9.76. The zero-order chi connectivity index (χ0) is 17.6. The molecule has 5 heteroatoms. The smallest absolute Gasteiger partial charge is 0.232 e. The molecule has 0 amide bonds. The fraction of sp³-hybridized carbons (Fsp3) is 0.571. The first kappa shape index (κ1) is 15.9.